The number of rotatable bonds is 4. The second-order valence-corrected chi connectivity index (χ2v) is 6.60. The quantitative estimate of drug-likeness (QED) is 0.923. The third-order valence-corrected chi connectivity index (χ3v) is 4.91. The monoisotopic (exact) mass is 326 g/mol. The van der Waals surface area contributed by atoms with Crippen molar-refractivity contribution >= 4 is 5.91 Å². The molecule has 1 aromatic carbocycles. The lowest BCUT2D eigenvalue weighted by molar-refractivity contribution is -0.134. The Morgan fingerprint density at radius 2 is 1.83 bits per heavy atom. The summed E-state index contributed by atoms with van der Waals surface area (Å²) in [6, 6.07) is 2.45. The van der Waals surface area contributed by atoms with Gasteiger partial charge in [-0.15, -0.1) is 0 Å². The Bertz CT molecular complexity index is 585. The van der Waals surface area contributed by atoms with Crippen LogP contribution in [0.15, 0.2) is 12.1 Å². The van der Waals surface area contributed by atoms with Gasteiger partial charge in [0.1, 0.15) is 17.3 Å². The molecule has 0 spiro atoms. The van der Waals surface area contributed by atoms with E-state index in [1.807, 2.05) is 0 Å². The maximum Gasteiger partial charge on any atom is 0.223 e. The topological polar surface area (TPSA) is 32.3 Å². The molecule has 2 fully saturated rings. The highest BCUT2D eigenvalue weighted by atomic mass is 19.2. The van der Waals surface area contributed by atoms with Crippen LogP contribution >= 0.6 is 0 Å². The summed E-state index contributed by atoms with van der Waals surface area (Å²) in [7, 11) is 1.47. The van der Waals surface area contributed by atoms with Crippen LogP contribution in [-0.4, -0.2) is 30.9 Å². The van der Waals surface area contributed by atoms with Gasteiger partial charge in [0.15, 0.2) is 0 Å². The summed E-state index contributed by atoms with van der Waals surface area (Å²) in [5.41, 5.74) is -2.09. The molecule has 126 valence electrons. The van der Waals surface area contributed by atoms with Gasteiger partial charge < -0.3 is 5.32 Å². The fourth-order valence-electron chi connectivity index (χ4n) is 3.66. The van der Waals surface area contributed by atoms with Crippen LogP contribution in [0.4, 0.5) is 13.2 Å². The fourth-order valence-corrected chi connectivity index (χ4v) is 3.66. The van der Waals surface area contributed by atoms with Crippen molar-refractivity contribution in [3.63, 3.8) is 0 Å². The molecule has 1 N–H and O–H groups in total. The minimum Gasteiger partial charge on any atom is -0.359 e. The lowest BCUT2D eigenvalue weighted by Crippen LogP contribution is -2.45. The number of hydrogen-bond donors (Lipinski definition) is 1. The first-order chi connectivity index (χ1) is 10.9. The molecule has 0 bridgehead atoms. The van der Waals surface area contributed by atoms with Crippen molar-refractivity contribution in [2.24, 2.45) is 5.92 Å². The first kappa shape index (κ1) is 16.3. The molecule has 1 aliphatic heterocycles. The predicted molar refractivity (Wildman–Crippen MR) is 80.4 cm³/mol. The zero-order valence-electron chi connectivity index (χ0n) is 13.2. The van der Waals surface area contributed by atoms with Gasteiger partial charge in [-0.05, 0) is 56.5 Å². The molecule has 0 unspecified atom stereocenters. The van der Waals surface area contributed by atoms with Crippen LogP contribution < -0.4 is 5.32 Å². The van der Waals surface area contributed by atoms with Crippen LogP contribution in [0.1, 0.15) is 36.8 Å². The Hall–Kier alpha value is -1.56. The van der Waals surface area contributed by atoms with Gasteiger partial charge in [-0.2, -0.15) is 0 Å². The second-order valence-electron chi connectivity index (χ2n) is 6.60. The van der Waals surface area contributed by atoms with Gasteiger partial charge in [0.2, 0.25) is 5.91 Å². The van der Waals surface area contributed by atoms with Crippen LogP contribution in [0.3, 0.4) is 0 Å². The Morgan fingerprint density at radius 1 is 1.26 bits per heavy atom. The molecule has 1 heterocycles. The number of benzene rings is 1. The molecule has 1 amide bonds. The average Bonchev–Trinajstić information content (AvgIpc) is 2.95. The van der Waals surface area contributed by atoms with Gasteiger partial charge in [0, 0.05) is 19.5 Å². The standard InChI is InChI=1S/C17H21F3N2O/c1-21-16(23)12-8-17(20,9-12)15-13(18)6-11(7-14(15)19)10-22-4-2-3-5-22/h6-7,12H,2-5,8-10H2,1H3,(H,21,23). The van der Waals surface area contributed by atoms with E-state index in [-0.39, 0.29) is 18.7 Å². The van der Waals surface area contributed by atoms with Crippen molar-refractivity contribution in [3.05, 3.63) is 34.9 Å². The van der Waals surface area contributed by atoms with E-state index >= 15 is 0 Å². The molecule has 1 aliphatic carbocycles. The van der Waals surface area contributed by atoms with Crippen LogP contribution in [-0.2, 0) is 17.0 Å². The van der Waals surface area contributed by atoms with Crippen LogP contribution in [0.5, 0.6) is 0 Å². The molecule has 0 radical (unpaired) electrons. The second kappa shape index (κ2) is 6.15. The number of alkyl halides is 1. The molecule has 23 heavy (non-hydrogen) atoms. The van der Waals surface area contributed by atoms with Gasteiger partial charge in [0.05, 0.1) is 5.56 Å². The molecule has 2 aliphatic rings. The van der Waals surface area contributed by atoms with Crippen molar-refractivity contribution in [2.45, 2.75) is 37.9 Å². The molecule has 0 atom stereocenters. The van der Waals surface area contributed by atoms with E-state index in [9.17, 15) is 18.0 Å². The summed E-state index contributed by atoms with van der Waals surface area (Å²) in [6.45, 7) is 2.33. The van der Waals surface area contributed by atoms with Crippen LogP contribution in [0.2, 0.25) is 0 Å². The van der Waals surface area contributed by atoms with E-state index in [0.29, 0.717) is 12.1 Å². The van der Waals surface area contributed by atoms with E-state index in [4.69, 9.17) is 0 Å². The number of nitrogens with one attached hydrogen (secondary N) is 1. The van der Waals surface area contributed by atoms with Crippen molar-refractivity contribution in [1.29, 1.82) is 0 Å². The Labute approximate surface area is 133 Å². The summed E-state index contributed by atoms with van der Waals surface area (Å²) < 4.78 is 43.4. The summed E-state index contributed by atoms with van der Waals surface area (Å²) in [6.07, 6.45) is 1.84. The predicted octanol–water partition coefficient (Wildman–Crippen LogP) is 2.88. The Balaban J connectivity index is 1.77. The van der Waals surface area contributed by atoms with Gasteiger partial charge in [-0.1, -0.05) is 0 Å². The van der Waals surface area contributed by atoms with Gasteiger partial charge in [-0.3, -0.25) is 9.69 Å². The van der Waals surface area contributed by atoms with Gasteiger partial charge in [0.25, 0.3) is 0 Å². The summed E-state index contributed by atoms with van der Waals surface area (Å²) >= 11 is 0. The summed E-state index contributed by atoms with van der Waals surface area (Å²) in [5, 5.41) is 2.44. The van der Waals surface area contributed by atoms with Crippen molar-refractivity contribution in [1.82, 2.24) is 10.2 Å². The smallest absolute Gasteiger partial charge is 0.223 e. The maximum absolute atomic E-state index is 14.8. The van der Waals surface area contributed by atoms with E-state index in [0.717, 1.165) is 25.9 Å². The SMILES string of the molecule is CNC(=O)C1CC(F)(c2c(F)cc(CN3CCCC3)cc2F)C1. The Morgan fingerprint density at radius 3 is 2.35 bits per heavy atom. The van der Waals surface area contributed by atoms with Crippen molar-refractivity contribution < 1.29 is 18.0 Å². The molecule has 3 nitrogen and oxygen atoms in total. The van der Waals surface area contributed by atoms with E-state index in [1.54, 1.807) is 0 Å². The molecule has 6 heteroatoms. The highest BCUT2D eigenvalue weighted by Crippen LogP contribution is 2.50. The molecule has 3 rings (SSSR count). The van der Waals surface area contributed by atoms with E-state index < -0.39 is 28.8 Å². The zero-order chi connectivity index (χ0) is 16.6. The first-order valence-electron chi connectivity index (χ1n) is 8.04. The maximum atomic E-state index is 14.8. The van der Waals surface area contributed by atoms with Crippen molar-refractivity contribution in [2.75, 3.05) is 20.1 Å². The minimum atomic E-state index is -2.09. The zero-order valence-corrected chi connectivity index (χ0v) is 13.2. The van der Waals surface area contributed by atoms with E-state index in [2.05, 4.69) is 10.2 Å². The number of carbonyl (C=O) groups is 1. The average molecular weight is 326 g/mol. The normalized spacial score (nSPS) is 27.7. The molecule has 0 aromatic heterocycles. The van der Waals surface area contributed by atoms with Crippen LogP contribution in [0, 0.1) is 17.6 Å². The van der Waals surface area contributed by atoms with E-state index in [1.165, 1.54) is 19.2 Å². The number of likely N-dealkylation sites (tertiary alicyclic amines) is 1. The largest absolute Gasteiger partial charge is 0.359 e. The number of halogens is 3. The molecule has 1 saturated carbocycles. The third-order valence-electron chi connectivity index (χ3n) is 4.91. The molecule has 1 saturated heterocycles. The third kappa shape index (κ3) is 3.09. The number of hydrogen-bond acceptors (Lipinski definition) is 2. The molecular formula is C17H21F3N2O. The minimum absolute atomic E-state index is 0.175. The van der Waals surface area contributed by atoms with Gasteiger partial charge >= 0.3 is 0 Å². The lowest BCUT2D eigenvalue weighted by atomic mass is 9.68. The molecule has 1 aromatic rings. The Kier molecular flexibility index (Phi) is 4.36. The summed E-state index contributed by atoms with van der Waals surface area (Å²) in [4.78, 5) is 13.6. The lowest BCUT2D eigenvalue weighted by Gasteiger charge is -2.40. The summed E-state index contributed by atoms with van der Waals surface area (Å²) in [5.74, 6) is -2.51. The van der Waals surface area contributed by atoms with Crippen molar-refractivity contribution in [3.8, 4) is 0 Å². The number of amides is 1. The first-order valence-corrected chi connectivity index (χ1v) is 8.04. The fraction of sp³-hybridized carbons (Fsp3) is 0.588. The molecular weight excluding hydrogens is 305 g/mol. The highest BCUT2D eigenvalue weighted by Gasteiger charge is 2.51. The van der Waals surface area contributed by atoms with Gasteiger partial charge in [-0.25, -0.2) is 13.2 Å². The number of nitrogens with zero attached hydrogens (tertiary/aromatic N) is 1. The number of carbonyl (C=O) groups excluding carboxylic acids is 1. The van der Waals surface area contributed by atoms with Crippen LogP contribution in [0.25, 0.3) is 0 Å². The highest BCUT2D eigenvalue weighted by molar-refractivity contribution is 5.79.